The maximum atomic E-state index is 13.1. The summed E-state index contributed by atoms with van der Waals surface area (Å²) in [6, 6.07) is 9.09. The van der Waals surface area contributed by atoms with Gasteiger partial charge < -0.3 is 20.1 Å². The summed E-state index contributed by atoms with van der Waals surface area (Å²) in [4.78, 5) is 35.3. The predicted octanol–water partition coefficient (Wildman–Crippen LogP) is 2.87. The first-order valence-electron chi connectivity index (χ1n) is 10.2. The van der Waals surface area contributed by atoms with Gasteiger partial charge in [-0.25, -0.2) is 5.43 Å². The monoisotopic (exact) mass is 492 g/mol. The van der Waals surface area contributed by atoms with Gasteiger partial charge in [0, 0.05) is 6.54 Å². The van der Waals surface area contributed by atoms with E-state index in [1.165, 1.54) is 42.6 Å². The maximum Gasteiger partial charge on any atom is 0.418 e. The molecule has 0 aromatic heterocycles. The number of para-hydroxylation sites is 1. The lowest BCUT2D eigenvalue weighted by atomic mass is 10.1. The number of carbonyl (C=O) groups excluding carboxylic acids is 3. The number of hydrazone groups is 1. The summed E-state index contributed by atoms with van der Waals surface area (Å²) in [6.45, 7) is 4.94. The summed E-state index contributed by atoms with van der Waals surface area (Å²) < 4.78 is 50.2. The van der Waals surface area contributed by atoms with Gasteiger partial charge in [-0.15, -0.1) is 6.58 Å². The predicted molar refractivity (Wildman–Crippen MR) is 122 cm³/mol. The Balaban J connectivity index is 2.02. The third-order valence-electron chi connectivity index (χ3n) is 4.13. The quantitative estimate of drug-likeness (QED) is 0.204. The Kier molecular flexibility index (Phi) is 9.82. The normalized spacial score (nSPS) is 11.0. The molecule has 0 radical (unpaired) electrons. The Hall–Kier alpha value is -4.35. The summed E-state index contributed by atoms with van der Waals surface area (Å²) in [5.74, 6) is -2.25. The van der Waals surface area contributed by atoms with Crippen molar-refractivity contribution in [3.63, 3.8) is 0 Å². The van der Waals surface area contributed by atoms with Gasteiger partial charge in [0.25, 0.3) is 5.91 Å². The molecule has 0 aliphatic heterocycles. The number of ether oxygens (including phenoxy) is 2. The molecule has 2 aromatic rings. The summed E-state index contributed by atoms with van der Waals surface area (Å²) in [5.41, 5.74) is 1.17. The van der Waals surface area contributed by atoms with Crippen LogP contribution in [-0.2, 0) is 20.6 Å². The fourth-order valence-corrected chi connectivity index (χ4v) is 2.62. The van der Waals surface area contributed by atoms with Crippen molar-refractivity contribution in [2.24, 2.45) is 5.10 Å². The van der Waals surface area contributed by atoms with Gasteiger partial charge in [0.15, 0.2) is 18.1 Å². The highest BCUT2D eigenvalue weighted by Crippen LogP contribution is 2.34. The molecule has 3 amide bonds. The van der Waals surface area contributed by atoms with E-state index in [-0.39, 0.29) is 30.3 Å². The number of hydrogen-bond donors (Lipinski definition) is 3. The molecule has 0 atom stereocenters. The second-order valence-electron chi connectivity index (χ2n) is 6.72. The van der Waals surface area contributed by atoms with E-state index in [1.54, 1.807) is 6.92 Å². The molecular formula is C23H23F3N4O5. The van der Waals surface area contributed by atoms with Crippen LogP contribution < -0.4 is 25.5 Å². The van der Waals surface area contributed by atoms with E-state index >= 15 is 0 Å². The van der Waals surface area contributed by atoms with Crippen molar-refractivity contribution >= 4 is 29.6 Å². The van der Waals surface area contributed by atoms with Gasteiger partial charge in [0.2, 0.25) is 0 Å². The highest BCUT2D eigenvalue weighted by Gasteiger charge is 2.33. The molecule has 0 bridgehead atoms. The van der Waals surface area contributed by atoms with Gasteiger partial charge in [0.05, 0.1) is 24.1 Å². The molecule has 0 spiro atoms. The van der Waals surface area contributed by atoms with E-state index in [1.807, 2.05) is 0 Å². The molecule has 9 nitrogen and oxygen atoms in total. The minimum atomic E-state index is -4.63. The van der Waals surface area contributed by atoms with Crippen molar-refractivity contribution in [3.8, 4) is 11.5 Å². The van der Waals surface area contributed by atoms with Crippen molar-refractivity contribution in [3.05, 3.63) is 66.2 Å². The molecule has 3 N–H and O–H groups in total. The molecular weight excluding hydrogens is 469 g/mol. The second kappa shape index (κ2) is 12.8. The third-order valence-corrected chi connectivity index (χ3v) is 4.13. The van der Waals surface area contributed by atoms with Gasteiger partial charge in [-0.1, -0.05) is 18.2 Å². The van der Waals surface area contributed by atoms with Gasteiger partial charge in [-0.3, -0.25) is 14.4 Å². The summed E-state index contributed by atoms with van der Waals surface area (Å²) in [5, 5.41) is 8.17. The van der Waals surface area contributed by atoms with Crippen LogP contribution >= 0.6 is 0 Å². The standard InChI is InChI=1S/C23H23F3N4O5/c1-3-11-27-21(32)22(33)30-28-13-15-9-10-18(19(12-15)34-4-2)35-14-20(31)29-17-8-6-5-7-16(17)23(24,25)26/h3,5-10,12-13H,1,4,11,14H2,2H3,(H,27,32)(H,29,31)(H,30,33)/b28-13-. The third kappa shape index (κ3) is 8.50. The van der Waals surface area contributed by atoms with Crippen molar-refractivity contribution in [1.82, 2.24) is 10.7 Å². The van der Waals surface area contributed by atoms with Gasteiger partial charge in [-0.2, -0.15) is 18.3 Å². The lowest BCUT2D eigenvalue weighted by Gasteiger charge is -2.15. The molecule has 2 aromatic carbocycles. The van der Waals surface area contributed by atoms with E-state index in [9.17, 15) is 27.6 Å². The zero-order chi connectivity index (χ0) is 25.8. The van der Waals surface area contributed by atoms with Crippen LogP contribution in [0.2, 0.25) is 0 Å². The van der Waals surface area contributed by atoms with E-state index in [4.69, 9.17) is 9.47 Å². The molecule has 0 aliphatic rings. The molecule has 186 valence electrons. The van der Waals surface area contributed by atoms with Crippen molar-refractivity contribution in [2.75, 3.05) is 25.1 Å². The maximum absolute atomic E-state index is 13.1. The second-order valence-corrected chi connectivity index (χ2v) is 6.72. The Morgan fingerprint density at radius 1 is 1.06 bits per heavy atom. The Morgan fingerprint density at radius 3 is 2.49 bits per heavy atom. The van der Waals surface area contributed by atoms with Crippen LogP contribution in [0.3, 0.4) is 0 Å². The van der Waals surface area contributed by atoms with Crippen molar-refractivity contribution in [1.29, 1.82) is 0 Å². The summed E-state index contributed by atoms with van der Waals surface area (Å²) in [6.07, 6.45) is -1.96. The van der Waals surface area contributed by atoms with Crippen LogP contribution in [0.15, 0.2) is 60.2 Å². The van der Waals surface area contributed by atoms with E-state index in [2.05, 4.69) is 27.7 Å². The number of anilines is 1. The first-order valence-corrected chi connectivity index (χ1v) is 10.2. The first kappa shape index (κ1) is 26.9. The molecule has 35 heavy (non-hydrogen) atoms. The molecule has 0 heterocycles. The number of halogens is 3. The van der Waals surface area contributed by atoms with Gasteiger partial charge in [0.1, 0.15) is 0 Å². The molecule has 0 aliphatic carbocycles. The summed E-state index contributed by atoms with van der Waals surface area (Å²) >= 11 is 0. The van der Waals surface area contributed by atoms with Crippen molar-refractivity contribution < 1.29 is 37.0 Å². The largest absolute Gasteiger partial charge is 0.490 e. The van der Waals surface area contributed by atoms with E-state index in [0.29, 0.717) is 5.56 Å². The Labute approximate surface area is 199 Å². The van der Waals surface area contributed by atoms with Gasteiger partial charge in [-0.05, 0) is 42.8 Å². The average Bonchev–Trinajstić information content (AvgIpc) is 2.81. The minimum absolute atomic E-state index is 0.127. The molecule has 2 rings (SSSR count). The highest BCUT2D eigenvalue weighted by atomic mass is 19.4. The molecule has 0 saturated carbocycles. The van der Waals surface area contributed by atoms with Crippen LogP contribution in [-0.4, -0.2) is 43.7 Å². The SMILES string of the molecule is C=CCNC(=O)C(=O)N/N=C\c1ccc(OCC(=O)Nc2ccccc2C(F)(F)F)c(OCC)c1. The number of nitrogens with zero attached hydrogens (tertiary/aromatic N) is 1. The van der Waals surface area contributed by atoms with Crippen LogP contribution in [0.25, 0.3) is 0 Å². The number of nitrogens with one attached hydrogen (secondary N) is 3. The lowest BCUT2D eigenvalue weighted by Crippen LogP contribution is -2.37. The molecule has 0 fully saturated rings. The van der Waals surface area contributed by atoms with Crippen molar-refractivity contribution in [2.45, 2.75) is 13.1 Å². The van der Waals surface area contributed by atoms with Crippen LogP contribution in [0.4, 0.5) is 18.9 Å². The number of rotatable bonds is 10. The van der Waals surface area contributed by atoms with Crippen LogP contribution in [0.1, 0.15) is 18.1 Å². The smallest absolute Gasteiger partial charge is 0.418 e. The fourth-order valence-electron chi connectivity index (χ4n) is 2.62. The fraction of sp³-hybridized carbons (Fsp3) is 0.217. The Morgan fingerprint density at radius 2 is 1.80 bits per heavy atom. The van der Waals surface area contributed by atoms with E-state index < -0.39 is 36.1 Å². The highest BCUT2D eigenvalue weighted by molar-refractivity contribution is 6.35. The Bertz CT molecular complexity index is 1100. The first-order chi connectivity index (χ1) is 16.7. The lowest BCUT2D eigenvalue weighted by molar-refractivity contribution is -0.139. The van der Waals surface area contributed by atoms with E-state index in [0.717, 1.165) is 12.1 Å². The average molecular weight is 492 g/mol. The van der Waals surface area contributed by atoms with Crippen LogP contribution in [0, 0.1) is 0 Å². The van der Waals surface area contributed by atoms with Crippen LogP contribution in [0.5, 0.6) is 11.5 Å². The zero-order valence-corrected chi connectivity index (χ0v) is 18.6. The zero-order valence-electron chi connectivity index (χ0n) is 18.6. The summed E-state index contributed by atoms with van der Waals surface area (Å²) in [7, 11) is 0. The number of benzene rings is 2. The molecule has 0 unspecified atom stereocenters. The topological polar surface area (TPSA) is 118 Å². The number of hydrogen-bond acceptors (Lipinski definition) is 6. The minimum Gasteiger partial charge on any atom is -0.490 e. The molecule has 12 heteroatoms. The van der Waals surface area contributed by atoms with Gasteiger partial charge >= 0.3 is 18.0 Å². The molecule has 0 saturated heterocycles. The number of amides is 3. The number of alkyl halides is 3. The number of carbonyl (C=O) groups is 3.